The number of halogens is 1. The normalized spacial score (nSPS) is 25.6. The van der Waals surface area contributed by atoms with E-state index >= 15 is 0 Å². The Hall–Kier alpha value is -3.87. The predicted octanol–water partition coefficient (Wildman–Crippen LogP) is 3.90. The molecule has 2 fully saturated rings. The van der Waals surface area contributed by atoms with E-state index in [0.29, 0.717) is 56.3 Å². The molecular formula is C38H48FN3O8. The molecule has 2 saturated heterocycles. The largest absolute Gasteiger partial charge is 0.497 e. The third kappa shape index (κ3) is 6.53. The Morgan fingerprint density at radius 2 is 1.72 bits per heavy atom. The Morgan fingerprint density at radius 3 is 2.42 bits per heavy atom. The van der Waals surface area contributed by atoms with Crippen LogP contribution in [-0.4, -0.2) is 108 Å². The lowest BCUT2D eigenvalue weighted by Crippen LogP contribution is -2.53. The van der Waals surface area contributed by atoms with Crippen molar-refractivity contribution in [1.82, 2.24) is 9.80 Å². The van der Waals surface area contributed by atoms with E-state index in [1.54, 1.807) is 38.0 Å². The van der Waals surface area contributed by atoms with Gasteiger partial charge >= 0.3 is 5.97 Å². The van der Waals surface area contributed by atoms with Crippen molar-refractivity contribution in [2.24, 2.45) is 0 Å². The third-order valence-electron chi connectivity index (χ3n) is 11.2. The summed E-state index contributed by atoms with van der Waals surface area (Å²) in [6.07, 6.45) is 3.98. The van der Waals surface area contributed by atoms with E-state index in [0.717, 1.165) is 49.2 Å². The Bertz CT molecular complexity index is 1640. The van der Waals surface area contributed by atoms with Crippen LogP contribution in [0.2, 0.25) is 0 Å². The van der Waals surface area contributed by atoms with E-state index in [4.69, 9.17) is 18.9 Å². The van der Waals surface area contributed by atoms with Crippen molar-refractivity contribution in [1.29, 1.82) is 0 Å². The highest BCUT2D eigenvalue weighted by Crippen LogP contribution is 2.55. The molecule has 2 N–H and O–H groups in total. The fourth-order valence-electron chi connectivity index (χ4n) is 8.62. The van der Waals surface area contributed by atoms with E-state index in [1.165, 1.54) is 12.1 Å². The van der Waals surface area contributed by atoms with E-state index in [2.05, 4.69) is 15.9 Å². The summed E-state index contributed by atoms with van der Waals surface area (Å²) in [7, 11) is 1.57. The summed E-state index contributed by atoms with van der Waals surface area (Å²) in [5.41, 5.74) is -0.642. The molecule has 2 aromatic carbocycles. The number of ether oxygens (including phenoxy) is 4. The molecule has 11 nitrogen and oxygen atoms in total. The van der Waals surface area contributed by atoms with Gasteiger partial charge in [-0.1, -0.05) is 0 Å². The topological polar surface area (TPSA) is 121 Å². The van der Waals surface area contributed by atoms with Gasteiger partial charge in [0.15, 0.2) is 23.2 Å². The molecule has 0 saturated carbocycles. The number of fused-ring (bicyclic) bond motifs is 3. The highest BCUT2D eigenvalue weighted by Gasteiger charge is 2.59. The third-order valence-corrected chi connectivity index (χ3v) is 11.2. The van der Waals surface area contributed by atoms with Crippen molar-refractivity contribution in [3.63, 3.8) is 0 Å². The van der Waals surface area contributed by atoms with Crippen LogP contribution >= 0.6 is 0 Å². The number of nitrogens with zero attached hydrogens (tertiary/aromatic N) is 3. The smallest absolute Gasteiger partial charge is 0.339 e. The van der Waals surface area contributed by atoms with Crippen LogP contribution in [0.4, 0.5) is 10.1 Å². The van der Waals surface area contributed by atoms with Crippen LogP contribution in [0.15, 0.2) is 48.2 Å². The number of rotatable bonds is 10. The first-order valence-electron chi connectivity index (χ1n) is 17.8. The van der Waals surface area contributed by atoms with Gasteiger partial charge in [-0.3, -0.25) is 9.69 Å². The fourth-order valence-corrected chi connectivity index (χ4v) is 8.62. The van der Waals surface area contributed by atoms with Gasteiger partial charge in [0.1, 0.15) is 11.6 Å². The van der Waals surface area contributed by atoms with Crippen molar-refractivity contribution >= 4 is 17.6 Å². The molecule has 4 heterocycles. The summed E-state index contributed by atoms with van der Waals surface area (Å²) in [5, 5.41) is 22.6. The summed E-state index contributed by atoms with van der Waals surface area (Å²) in [5.74, 6) is -0.0113. The van der Waals surface area contributed by atoms with Gasteiger partial charge in [0.2, 0.25) is 12.7 Å². The zero-order chi connectivity index (χ0) is 35.3. The maximum Gasteiger partial charge on any atom is 0.339 e. The second-order valence-corrected chi connectivity index (χ2v) is 15.0. The summed E-state index contributed by atoms with van der Waals surface area (Å²) in [6, 6.07) is 10.3. The van der Waals surface area contributed by atoms with E-state index in [-0.39, 0.29) is 30.9 Å². The molecule has 5 aliphatic rings. The van der Waals surface area contributed by atoms with Crippen molar-refractivity contribution < 1.29 is 43.1 Å². The van der Waals surface area contributed by atoms with Gasteiger partial charge in [-0.05, 0) is 113 Å². The molecule has 0 bridgehead atoms. The van der Waals surface area contributed by atoms with Gasteiger partial charge in [-0.25, -0.2) is 9.18 Å². The number of anilines is 1. The van der Waals surface area contributed by atoms with Crippen LogP contribution < -0.4 is 14.4 Å². The number of hydrogen-bond acceptors (Lipinski definition) is 10. The van der Waals surface area contributed by atoms with Crippen LogP contribution in [0.5, 0.6) is 11.5 Å². The lowest BCUT2D eigenvalue weighted by molar-refractivity contribution is -0.177. The minimum Gasteiger partial charge on any atom is -0.497 e. The average Bonchev–Trinajstić information content (AvgIpc) is 3.78. The number of methoxy groups -OCH3 is 1. The van der Waals surface area contributed by atoms with Crippen LogP contribution in [0.25, 0.3) is 0 Å². The molecule has 1 aliphatic carbocycles. The first kappa shape index (κ1) is 34.6. The molecule has 12 heteroatoms. The zero-order valence-corrected chi connectivity index (χ0v) is 29.2. The Morgan fingerprint density at radius 1 is 1.00 bits per heavy atom. The lowest BCUT2D eigenvalue weighted by Gasteiger charge is -2.40. The van der Waals surface area contributed by atoms with Crippen LogP contribution in [0.3, 0.4) is 0 Å². The second kappa shape index (κ2) is 13.4. The predicted molar refractivity (Wildman–Crippen MR) is 182 cm³/mol. The first-order valence-corrected chi connectivity index (χ1v) is 17.8. The van der Waals surface area contributed by atoms with Gasteiger partial charge in [0.05, 0.1) is 30.6 Å². The van der Waals surface area contributed by atoms with Crippen LogP contribution in [0.1, 0.15) is 69.4 Å². The van der Waals surface area contributed by atoms with E-state index in [1.807, 2.05) is 12.1 Å². The van der Waals surface area contributed by atoms with Gasteiger partial charge in [-0.2, -0.15) is 0 Å². The van der Waals surface area contributed by atoms with Crippen molar-refractivity contribution in [2.45, 2.75) is 87.6 Å². The maximum atomic E-state index is 14.4. The van der Waals surface area contributed by atoms with Gasteiger partial charge < -0.3 is 39.0 Å². The number of esters is 1. The summed E-state index contributed by atoms with van der Waals surface area (Å²) < 4.78 is 37.3. The molecule has 2 aromatic rings. The van der Waals surface area contributed by atoms with Crippen LogP contribution in [-0.2, 0) is 25.5 Å². The molecule has 7 rings (SSSR count). The monoisotopic (exact) mass is 693 g/mol. The van der Waals surface area contributed by atoms with E-state index in [9.17, 15) is 24.2 Å². The summed E-state index contributed by atoms with van der Waals surface area (Å²) in [6.45, 7) is 7.04. The SMILES string of the molecule is COC1=C[C@]23CCCN2CCc2cc4c(cc2[C@@H]3[C@@H]1OC(=O)[C@@](O)(CCCC(C)(C)O)CC(=O)N1CCN(c2ccc(F)cc2)CC1)OCO4. The Kier molecular flexibility index (Phi) is 9.23. The molecule has 1 spiro atoms. The van der Waals surface area contributed by atoms with Gasteiger partial charge in [0.25, 0.3) is 0 Å². The minimum absolute atomic E-state index is 0.0624. The average molecular weight is 694 g/mol. The molecule has 0 aromatic heterocycles. The molecule has 4 aliphatic heterocycles. The number of piperazine rings is 1. The minimum atomic E-state index is -2.14. The molecular weight excluding hydrogens is 645 g/mol. The first-order chi connectivity index (χ1) is 23.9. The lowest BCUT2D eigenvalue weighted by atomic mass is 9.77. The zero-order valence-electron chi connectivity index (χ0n) is 29.2. The van der Waals surface area contributed by atoms with E-state index < -0.39 is 35.2 Å². The van der Waals surface area contributed by atoms with Crippen molar-refractivity contribution in [3.05, 3.63) is 65.2 Å². The summed E-state index contributed by atoms with van der Waals surface area (Å²) >= 11 is 0. The highest BCUT2D eigenvalue weighted by atomic mass is 19.1. The molecule has 0 radical (unpaired) electrons. The highest BCUT2D eigenvalue weighted by molar-refractivity contribution is 5.88. The van der Waals surface area contributed by atoms with Crippen LogP contribution in [0, 0.1) is 5.82 Å². The number of hydrogen-bond donors (Lipinski definition) is 2. The maximum absolute atomic E-state index is 14.4. The molecule has 4 atom stereocenters. The number of benzene rings is 2. The molecule has 270 valence electrons. The molecule has 0 unspecified atom stereocenters. The Labute approximate surface area is 292 Å². The number of amides is 1. The van der Waals surface area contributed by atoms with Crippen molar-refractivity contribution in [3.8, 4) is 11.5 Å². The number of aliphatic hydroxyl groups is 2. The second-order valence-electron chi connectivity index (χ2n) is 15.0. The number of carbonyl (C=O) groups is 2. The van der Waals surface area contributed by atoms with Gasteiger partial charge in [-0.15, -0.1) is 0 Å². The van der Waals surface area contributed by atoms with Gasteiger partial charge in [0, 0.05) is 38.4 Å². The standard InChI is InChI=1S/C38H48FN3O8/c1-36(2,45)11-4-13-38(46,23-32(43)41-18-16-40(17-19-41)27-8-6-26(39)7-9-27)35(44)50-34-31(47-3)22-37-12-5-14-42(37)15-10-25-20-29-30(49-24-48-29)21-28(25)33(34)37/h6-9,20-22,33-34,45-46H,4-5,10-19,23-24H2,1-3H3/t33-,34-,37+,38-/m1/s1. The quantitative estimate of drug-likeness (QED) is 0.355. The summed E-state index contributed by atoms with van der Waals surface area (Å²) in [4.78, 5) is 34.3. The number of carbonyl (C=O) groups excluding carboxylic acids is 2. The molecule has 50 heavy (non-hydrogen) atoms. The molecule has 1 amide bonds. The Balaban J connectivity index is 1.14. The fraction of sp³-hybridized carbons (Fsp3) is 0.579. The van der Waals surface area contributed by atoms with Crippen molar-refractivity contribution in [2.75, 3.05) is 58.1 Å².